The van der Waals surface area contributed by atoms with Crippen molar-refractivity contribution in [1.82, 2.24) is 19.5 Å². The highest BCUT2D eigenvalue weighted by Crippen LogP contribution is 2.30. The minimum atomic E-state index is -4.64. The minimum Gasteiger partial charge on any atom is -0.480 e. The molecule has 1 aliphatic rings. The van der Waals surface area contributed by atoms with Gasteiger partial charge in [0.15, 0.2) is 17.4 Å². The van der Waals surface area contributed by atoms with Crippen molar-refractivity contribution in [3.63, 3.8) is 0 Å². The summed E-state index contributed by atoms with van der Waals surface area (Å²) in [5.41, 5.74) is 15.5. The zero-order chi connectivity index (χ0) is 30.1. The molecule has 222 valence electrons. The Balaban J connectivity index is 0.000000350. The van der Waals surface area contributed by atoms with E-state index in [2.05, 4.69) is 15.0 Å². The number of carboxylic acids is 2. The second-order valence-electron chi connectivity index (χ2n) is 7.48. The number of aliphatic hydroxyl groups excluding tert-OH is 3. The average molecular weight is 622 g/mol. The van der Waals surface area contributed by atoms with Gasteiger partial charge < -0.3 is 62.2 Å². The first kappa shape index (κ1) is 34.7. The van der Waals surface area contributed by atoms with Gasteiger partial charge in [-0.1, -0.05) is 21.6 Å². The predicted octanol–water partition coefficient (Wildman–Crippen LogP) is -4.42. The topological polar surface area (TPSA) is 364 Å². The molecule has 0 saturated carbocycles. The molecule has 2 aromatic heterocycles. The Labute approximate surface area is 225 Å². The number of nitrogens with zero attached hydrogens (tertiary/aromatic N) is 3. The maximum Gasteiger partial charge on any atom is 0.466 e. The van der Waals surface area contributed by atoms with E-state index in [0.717, 1.165) is 0 Å². The second kappa shape index (κ2) is 15.4. The van der Waals surface area contributed by atoms with Crippen LogP contribution in [0.3, 0.4) is 0 Å². The average Bonchev–Trinajstić information content (AvgIpc) is 3.36. The van der Waals surface area contributed by atoms with Gasteiger partial charge in [0, 0.05) is 11.5 Å². The molecule has 23 heteroatoms. The van der Waals surface area contributed by atoms with Crippen LogP contribution in [-0.4, -0.2) is 120 Å². The molecule has 0 aliphatic carbocycles. The number of anilines is 1. The molecule has 3 heterocycles. The van der Waals surface area contributed by atoms with E-state index in [4.69, 9.17) is 56.5 Å². The van der Waals surface area contributed by atoms with E-state index in [1.54, 1.807) is 0 Å². The van der Waals surface area contributed by atoms with Crippen molar-refractivity contribution in [1.29, 1.82) is 0 Å². The fraction of sp³-hybridized carbons (Fsp3) is 0.562. The zero-order valence-corrected chi connectivity index (χ0v) is 22.1. The lowest BCUT2D eigenvalue weighted by Crippen LogP contribution is -2.33. The van der Waals surface area contributed by atoms with Crippen LogP contribution in [0, 0.1) is 0 Å². The largest absolute Gasteiger partial charge is 0.480 e. The fourth-order valence-corrected chi connectivity index (χ4v) is 4.85. The van der Waals surface area contributed by atoms with Gasteiger partial charge in [0.2, 0.25) is 5.95 Å². The summed E-state index contributed by atoms with van der Waals surface area (Å²) in [7, 11) is -2.23. The monoisotopic (exact) mass is 621 g/mol. The Kier molecular flexibility index (Phi) is 13.7. The van der Waals surface area contributed by atoms with Crippen LogP contribution >= 0.6 is 29.4 Å². The molecule has 0 radical (unpaired) electrons. The number of aromatic amines is 1. The second-order valence-corrected chi connectivity index (χ2v) is 11.1. The van der Waals surface area contributed by atoms with Gasteiger partial charge in [0.05, 0.1) is 12.9 Å². The molecule has 0 bridgehead atoms. The number of fused-ring (bicyclic) bond motifs is 1. The van der Waals surface area contributed by atoms with E-state index in [1.165, 1.54) is 32.5 Å². The van der Waals surface area contributed by atoms with Crippen molar-refractivity contribution in [3.8, 4) is 0 Å². The summed E-state index contributed by atoms with van der Waals surface area (Å²) >= 11 is 0. The number of H-pyrrole nitrogens is 1. The summed E-state index contributed by atoms with van der Waals surface area (Å²) in [6.45, 7) is -0.447. The minimum absolute atomic E-state index is 0.0388. The SMILES string of the molecule is NC(CSSCC(N)C(=O)O)C(=O)O.Nc1nc2c(ncn2[C@@H]2O[C@H](CO)[C@@H](O)[C@H]2O)c(=O)[nH]1.O=P(O)(O)O. The molecule has 39 heavy (non-hydrogen) atoms. The number of carbonyl (C=O) groups is 2. The third-order valence-corrected chi connectivity index (χ3v) is 6.93. The van der Waals surface area contributed by atoms with Crippen molar-refractivity contribution in [2.45, 2.75) is 36.6 Å². The van der Waals surface area contributed by atoms with E-state index >= 15 is 0 Å². The van der Waals surface area contributed by atoms with Crippen LogP contribution in [0.4, 0.5) is 5.95 Å². The molecule has 3 rings (SSSR count). The van der Waals surface area contributed by atoms with E-state index in [9.17, 15) is 24.6 Å². The van der Waals surface area contributed by atoms with Gasteiger partial charge >= 0.3 is 19.8 Å². The highest BCUT2D eigenvalue weighted by Gasteiger charge is 2.44. The van der Waals surface area contributed by atoms with Crippen molar-refractivity contribution >= 4 is 58.5 Å². The van der Waals surface area contributed by atoms with E-state index in [-0.39, 0.29) is 28.6 Å². The van der Waals surface area contributed by atoms with Crippen LogP contribution in [0.1, 0.15) is 6.23 Å². The molecule has 0 aromatic carbocycles. The first-order valence-electron chi connectivity index (χ1n) is 10.3. The number of aromatic nitrogens is 4. The summed E-state index contributed by atoms with van der Waals surface area (Å²) in [6, 6.07) is -1.85. The van der Waals surface area contributed by atoms with Gasteiger partial charge in [-0.25, -0.2) is 9.55 Å². The molecule has 15 N–H and O–H groups in total. The third-order valence-electron chi connectivity index (χ3n) is 4.45. The van der Waals surface area contributed by atoms with E-state index < -0.39 is 68.6 Å². The molecule has 1 aliphatic heterocycles. The van der Waals surface area contributed by atoms with E-state index in [1.807, 2.05) is 0 Å². The number of aliphatic hydroxyl groups is 3. The van der Waals surface area contributed by atoms with Crippen LogP contribution < -0.4 is 22.8 Å². The van der Waals surface area contributed by atoms with Gasteiger partial charge in [-0.15, -0.1) is 0 Å². The number of nitrogens with one attached hydrogen (secondary N) is 1. The lowest BCUT2D eigenvalue weighted by Gasteiger charge is -2.16. The van der Waals surface area contributed by atoms with Gasteiger partial charge in [-0.05, 0) is 0 Å². The lowest BCUT2D eigenvalue weighted by atomic mass is 10.1. The number of imidazole rings is 1. The number of aliphatic carboxylic acids is 2. The molecule has 20 nitrogen and oxygen atoms in total. The Morgan fingerprint density at radius 1 is 1.10 bits per heavy atom. The Morgan fingerprint density at radius 2 is 1.59 bits per heavy atom. The molecule has 0 amide bonds. The quantitative estimate of drug-likeness (QED) is 0.0713. The van der Waals surface area contributed by atoms with Crippen molar-refractivity contribution < 1.29 is 59.1 Å². The van der Waals surface area contributed by atoms with Crippen molar-refractivity contribution in [3.05, 3.63) is 16.7 Å². The highest BCUT2D eigenvalue weighted by molar-refractivity contribution is 8.76. The highest BCUT2D eigenvalue weighted by atomic mass is 33.1. The van der Waals surface area contributed by atoms with Crippen LogP contribution in [0.5, 0.6) is 0 Å². The normalized spacial score (nSPS) is 22.3. The molecule has 6 atom stereocenters. The Bertz CT molecular complexity index is 1180. The molecule has 0 spiro atoms. The van der Waals surface area contributed by atoms with Crippen LogP contribution in [-0.2, 0) is 18.9 Å². The summed E-state index contributed by atoms with van der Waals surface area (Å²) in [6.07, 6.45) is -3.21. The number of nitrogens with two attached hydrogens (primary N) is 3. The summed E-state index contributed by atoms with van der Waals surface area (Å²) in [5.74, 6) is -1.78. The van der Waals surface area contributed by atoms with E-state index in [0.29, 0.717) is 0 Å². The lowest BCUT2D eigenvalue weighted by molar-refractivity contribution is -0.138. The van der Waals surface area contributed by atoms with Gasteiger partial charge in [0.1, 0.15) is 30.4 Å². The number of rotatable bonds is 9. The number of phosphoric acid groups is 1. The number of hydrogen-bond donors (Lipinski definition) is 12. The molecule has 2 unspecified atom stereocenters. The smallest absolute Gasteiger partial charge is 0.466 e. The maximum atomic E-state index is 11.7. The molecule has 1 saturated heterocycles. The summed E-state index contributed by atoms with van der Waals surface area (Å²) in [5, 5.41) is 45.6. The Hall–Kier alpha value is -2.34. The zero-order valence-electron chi connectivity index (χ0n) is 19.6. The number of nitrogen functional groups attached to an aromatic ring is 1. The van der Waals surface area contributed by atoms with Gasteiger partial charge in [-0.2, -0.15) is 4.98 Å². The summed E-state index contributed by atoms with van der Waals surface area (Å²) < 4.78 is 15.5. The molecule has 2 aromatic rings. The number of ether oxygens (including phenoxy) is 1. The standard InChI is InChI=1S/C10H13N5O5.C6H12N2O4S2.H3O4P/c11-10-13-7-4(8(19)14-10)12-2-15(7)9-6(18)5(17)3(1-16)20-9;7-3(5(9)10)1-13-14-2-4(8)6(11)12;1-5(2,3)4/h2-3,5-6,9,16-18H,1H2,(H3,11,13,14,19);3-4H,1-2,7-8H2,(H,9,10)(H,11,12);(H3,1,2,3,4)/t3-,5-,6-,9-;;/m1../s1. The molecular weight excluding hydrogens is 593 g/mol. The maximum absolute atomic E-state index is 11.7. The molecule has 1 fully saturated rings. The predicted molar refractivity (Wildman–Crippen MR) is 136 cm³/mol. The Morgan fingerprint density at radius 3 is 2.00 bits per heavy atom. The van der Waals surface area contributed by atoms with Gasteiger partial charge in [0.25, 0.3) is 5.56 Å². The van der Waals surface area contributed by atoms with Crippen LogP contribution in [0.2, 0.25) is 0 Å². The molecular formula is C16H28N7O13PS2. The van der Waals surface area contributed by atoms with Crippen molar-refractivity contribution in [2.75, 3.05) is 23.8 Å². The first-order valence-corrected chi connectivity index (χ1v) is 14.4. The first-order chi connectivity index (χ1) is 18.0. The van der Waals surface area contributed by atoms with Crippen LogP contribution in [0.25, 0.3) is 11.2 Å². The number of carboxylic acid groups (broad SMARTS) is 2. The summed E-state index contributed by atoms with van der Waals surface area (Å²) in [4.78, 5) is 63.9. The fourth-order valence-electron chi connectivity index (χ4n) is 2.62. The number of hydrogen-bond acceptors (Lipinski definition) is 15. The third kappa shape index (κ3) is 11.4. The van der Waals surface area contributed by atoms with Crippen LogP contribution in [0.15, 0.2) is 11.1 Å². The van der Waals surface area contributed by atoms with Gasteiger partial charge in [-0.3, -0.25) is 23.9 Å². The van der Waals surface area contributed by atoms with Crippen molar-refractivity contribution in [2.24, 2.45) is 11.5 Å².